The van der Waals surface area contributed by atoms with Crippen LogP contribution in [-0.2, 0) is 0 Å². The summed E-state index contributed by atoms with van der Waals surface area (Å²) in [5, 5.41) is 8.97. The third kappa shape index (κ3) is 3.17. The van der Waals surface area contributed by atoms with Gasteiger partial charge in [-0.3, -0.25) is 4.79 Å². The molecule has 0 unspecified atom stereocenters. The van der Waals surface area contributed by atoms with Gasteiger partial charge < -0.3 is 10.6 Å². The number of carbonyl (C=O) groups excluding carboxylic acids is 1. The normalized spacial score (nSPS) is 10.6. The van der Waals surface area contributed by atoms with E-state index in [4.69, 9.17) is 0 Å². The molecule has 0 spiro atoms. The van der Waals surface area contributed by atoms with Crippen LogP contribution in [-0.4, -0.2) is 38.9 Å². The van der Waals surface area contributed by atoms with Crippen LogP contribution in [0.15, 0.2) is 30.0 Å². The van der Waals surface area contributed by atoms with Crippen molar-refractivity contribution in [1.82, 2.24) is 25.3 Å². The average Bonchev–Trinajstić information content (AvgIpc) is 3.00. The highest BCUT2D eigenvalue weighted by Gasteiger charge is 2.07. The second-order valence-corrected chi connectivity index (χ2v) is 5.43. The Morgan fingerprint density at radius 3 is 3.00 bits per heavy atom. The Labute approximate surface area is 130 Å². The number of fused-ring (bicyclic) bond motifs is 1. The molecule has 7 nitrogen and oxygen atoms in total. The molecule has 0 aromatic carbocycles. The summed E-state index contributed by atoms with van der Waals surface area (Å²) in [4.78, 5) is 29.3. The monoisotopic (exact) mass is 314 g/mol. The zero-order valence-electron chi connectivity index (χ0n) is 11.9. The summed E-state index contributed by atoms with van der Waals surface area (Å²) >= 11 is 1.57. The number of amides is 1. The van der Waals surface area contributed by atoms with Crippen molar-refractivity contribution in [2.24, 2.45) is 0 Å². The van der Waals surface area contributed by atoms with Crippen molar-refractivity contribution in [2.75, 3.05) is 18.4 Å². The molecule has 0 bridgehead atoms. The number of aromatic nitrogens is 4. The highest BCUT2D eigenvalue weighted by atomic mass is 32.1. The predicted octanol–water partition coefficient (Wildman–Crippen LogP) is 1.63. The van der Waals surface area contributed by atoms with Crippen LogP contribution in [0.25, 0.3) is 10.2 Å². The van der Waals surface area contributed by atoms with Gasteiger partial charge in [0.2, 0.25) is 0 Å². The van der Waals surface area contributed by atoms with Gasteiger partial charge in [-0.25, -0.2) is 19.9 Å². The number of aryl methyl sites for hydroxylation is 1. The van der Waals surface area contributed by atoms with Gasteiger partial charge in [-0.05, 0) is 24.4 Å². The smallest absolute Gasteiger partial charge is 0.270 e. The average molecular weight is 314 g/mol. The second kappa shape index (κ2) is 6.44. The Morgan fingerprint density at radius 2 is 2.14 bits per heavy atom. The van der Waals surface area contributed by atoms with Crippen LogP contribution < -0.4 is 10.6 Å². The number of anilines is 1. The van der Waals surface area contributed by atoms with Crippen molar-refractivity contribution in [2.45, 2.75) is 6.92 Å². The van der Waals surface area contributed by atoms with Crippen LogP contribution in [0.2, 0.25) is 0 Å². The number of rotatable bonds is 5. The number of carbonyl (C=O) groups is 1. The molecule has 0 atom stereocenters. The van der Waals surface area contributed by atoms with E-state index in [1.54, 1.807) is 30.5 Å². The molecule has 0 aliphatic carbocycles. The minimum atomic E-state index is -0.212. The molecule has 112 valence electrons. The van der Waals surface area contributed by atoms with Crippen LogP contribution >= 0.6 is 11.3 Å². The second-order valence-electron chi connectivity index (χ2n) is 4.53. The predicted molar refractivity (Wildman–Crippen MR) is 85.0 cm³/mol. The molecule has 22 heavy (non-hydrogen) atoms. The highest BCUT2D eigenvalue weighted by Crippen LogP contribution is 2.23. The Morgan fingerprint density at radius 1 is 1.23 bits per heavy atom. The van der Waals surface area contributed by atoms with Gasteiger partial charge in [-0.1, -0.05) is 0 Å². The molecule has 0 aliphatic heterocycles. The van der Waals surface area contributed by atoms with E-state index in [0.717, 1.165) is 16.0 Å². The molecular weight excluding hydrogens is 300 g/mol. The Balaban J connectivity index is 1.53. The van der Waals surface area contributed by atoms with Gasteiger partial charge in [0.25, 0.3) is 5.91 Å². The van der Waals surface area contributed by atoms with Crippen molar-refractivity contribution in [1.29, 1.82) is 0 Å². The maximum atomic E-state index is 11.9. The molecule has 3 heterocycles. The Kier molecular flexibility index (Phi) is 4.19. The number of hydrogen-bond donors (Lipinski definition) is 2. The molecule has 0 saturated carbocycles. The fourth-order valence-corrected chi connectivity index (χ4v) is 2.69. The van der Waals surface area contributed by atoms with Gasteiger partial charge in [0, 0.05) is 19.3 Å². The van der Waals surface area contributed by atoms with Crippen molar-refractivity contribution >= 4 is 33.3 Å². The summed E-state index contributed by atoms with van der Waals surface area (Å²) in [6.45, 7) is 2.79. The first kappa shape index (κ1) is 14.3. The largest absolute Gasteiger partial charge is 0.368 e. The topological polar surface area (TPSA) is 92.7 Å². The number of thiophene rings is 1. The van der Waals surface area contributed by atoms with Gasteiger partial charge in [0.15, 0.2) is 0 Å². The molecule has 1 amide bonds. The van der Waals surface area contributed by atoms with Gasteiger partial charge in [-0.2, -0.15) is 0 Å². The minimum absolute atomic E-state index is 0.212. The lowest BCUT2D eigenvalue weighted by atomic mass is 10.3. The van der Waals surface area contributed by atoms with Crippen LogP contribution in [0, 0.1) is 6.92 Å². The summed E-state index contributed by atoms with van der Waals surface area (Å²) in [6.07, 6.45) is 3.10. The number of nitrogens with zero attached hydrogens (tertiary/aromatic N) is 4. The van der Waals surface area contributed by atoms with Crippen molar-refractivity contribution in [3.63, 3.8) is 0 Å². The van der Waals surface area contributed by atoms with E-state index < -0.39 is 0 Å². The van der Waals surface area contributed by atoms with Crippen LogP contribution in [0.4, 0.5) is 5.82 Å². The van der Waals surface area contributed by atoms with E-state index in [1.807, 2.05) is 11.4 Å². The van der Waals surface area contributed by atoms with Crippen LogP contribution in [0.5, 0.6) is 0 Å². The van der Waals surface area contributed by atoms with Gasteiger partial charge in [0.1, 0.15) is 28.5 Å². The zero-order valence-corrected chi connectivity index (χ0v) is 12.7. The molecular formula is C14H14N6OS. The first-order valence-corrected chi connectivity index (χ1v) is 7.62. The molecule has 2 N–H and O–H groups in total. The summed E-state index contributed by atoms with van der Waals surface area (Å²) in [5.74, 6) is 1.14. The molecule has 0 radical (unpaired) electrons. The third-order valence-corrected chi connectivity index (χ3v) is 3.79. The molecule has 0 aliphatic rings. The van der Waals surface area contributed by atoms with Crippen molar-refractivity contribution in [3.8, 4) is 0 Å². The van der Waals surface area contributed by atoms with Gasteiger partial charge >= 0.3 is 0 Å². The summed E-state index contributed by atoms with van der Waals surface area (Å²) in [5.41, 5.74) is 0.370. The van der Waals surface area contributed by atoms with E-state index in [2.05, 4.69) is 30.6 Å². The lowest BCUT2D eigenvalue weighted by Crippen LogP contribution is -2.29. The zero-order chi connectivity index (χ0) is 15.4. The first-order valence-electron chi connectivity index (χ1n) is 6.74. The third-order valence-electron chi connectivity index (χ3n) is 2.97. The van der Waals surface area contributed by atoms with E-state index >= 15 is 0 Å². The standard InChI is InChI=1S/C14H14N6OS/c1-9-15-4-2-11(20-9)13(21)17-6-5-16-12-10-3-7-22-14(10)19-8-18-12/h2-4,7-8H,5-6H2,1H3,(H,17,21)(H,16,18,19). The first-order chi connectivity index (χ1) is 10.7. The molecule has 3 aromatic rings. The fraction of sp³-hybridized carbons (Fsp3) is 0.214. The lowest BCUT2D eigenvalue weighted by molar-refractivity contribution is 0.0950. The maximum absolute atomic E-state index is 11.9. The van der Waals surface area contributed by atoms with E-state index in [9.17, 15) is 4.79 Å². The molecule has 0 saturated heterocycles. The Hall–Kier alpha value is -2.61. The molecule has 3 aromatic heterocycles. The SMILES string of the molecule is Cc1nccc(C(=O)NCCNc2ncnc3sccc23)n1. The summed E-state index contributed by atoms with van der Waals surface area (Å²) in [7, 11) is 0. The highest BCUT2D eigenvalue weighted by molar-refractivity contribution is 7.16. The minimum Gasteiger partial charge on any atom is -0.368 e. The van der Waals surface area contributed by atoms with Crippen molar-refractivity contribution < 1.29 is 4.79 Å². The van der Waals surface area contributed by atoms with E-state index in [-0.39, 0.29) is 5.91 Å². The van der Waals surface area contributed by atoms with Crippen LogP contribution in [0.3, 0.4) is 0 Å². The van der Waals surface area contributed by atoms with Crippen molar-refractivity contribution in [3.05, 3.63) is 41.6 Å². The van der Waals surface area contributed by atoms with E-state index in [1.165, 1.54) is 6.33 Å². The van der Waals surface area contributed by atoms with Crippen LogP contribution in [0.1, 0.15) is 16.3 Å². The molecule has 3 rings (SSSR count). The van der Waals surface area contributed by atoms with Gasteiger partial charge in [-0.15, -0.1) is 11.3 Å². The number of nitrogens with one attached hydrogen (secondary N) is 2. The quantitative estimate of drug-likeness (QED) is 0.695. The lowest BCUT2D eigenvalue weighted by Gasteiger charge is -2.08. The maximum Gasteiger partial charge on any atom is 0.270 e. The fourth-order valence-electron chi connectivity index (χ4n) is 1.96. The summed E-state index contributed by atoms with van der Waals surface area (Å²) < 4.78 is 0. The van der Waals surface area contributed by atoms with E-state index in [0.29, 0.717) is 24.6 Å². The number of hydrogen-bond acceptors (Lipinski definition) is 7. The molecule has 8 heteroatoms. The summed E-state index contributed by atoms with van der Waals surface area (Å²) in [6, 6.07) is 3.57. The molecule has 0 fully saturated rings. The Bertz CT molecular complexity index is 803. The van der Waals surface area contributed by atoms with Gasteiger partial charge in [0.05, 0.1) is 5.39 Å².